The first kappa shape index (κ1) is 15.9. The highest BCUT2D eigenvalue weighted by molar-refractivity contribution is 6.04. The molecular formula is C19H19N3O2. The number of hydrogen-bond acceptors (Lipinski definition) is 3. The number of amides is 1. The van der Waals surface area contributed by atoms with Gasteiger partial charge in [0.05, 0.1) is 5.52 Å². The van der Waals surface area contributed by atoms with Crippen molar-refractivity contribution in [2.24, 2.45) is 0 Å². The molecule has 24 heavy (non-hydrogen) atoms. The van der Waals surface area contributed by atoms with E-state index < -0.39 is 5.91 Å². The third-order valence-corrected chi connectivity index (χ3v) is 4.02. The van der Waals surface area contributed by atoms with Gasteiger partial charge in [0.15, 0.2) is 5.69 Å². The molecule has 3 rings (SSSR count). The molecule has 0 fully saturated rings. The molecule has 0 saturated heterocycles. The van der Waals surface area contributed by atoms with Crippen molar-refractivity contribution < 1.29 is 4.79 Å². The molecule has 0 aliphatic carbocycles. The van der Waals surface area contributed by atoms with E-state index in [0.717, 1.165) is 16.6 Å². The topological polar surface area (TPSA) is 64.0 Å². The number of aromatic nitrogens is 2. The Balaban J connectivity index is 2.09. The van der Waals surface area contributed by atoms with Crippen molar-refractivity contribution in [1.29, 1.82) is 0 Å². The molecule has 3 aromatic rings. The average Bonchev–Trinajstić information content (AvgIpc) is 2.58. The molecule has 5 nitrogen and oxygen atoms in total. The molecule has 1 amide bonds. The zero-order valence-electron chi connectivity index (χ0n) is 14.0. The maximum atomic E-state index is 12.6. The van der Waals surface area contributed by atoms with Gasteiger partial charge in [-0.3, -0.25) is 14.3 Å². The van der Waals surface area contributed by atoms with Crippen LogP contribution in [-0.2, 0) is 6.54 Å². The molecule has 0 atom stereocenters. The number of rotatable bonds is 3. The van der Waals surface area contributed by atoms with Gasteiger partial charge in [-0.1, -0.05) is 24.3 Å². The molecule has 0 bridgehead atoms. The minimum atomic E-state index is -0.485. The van der Waals surface area contributed by atoms with Crippen molar-refractivity contribution in [2.75, 3.05) is 5.32 Å². The molecule has 0 spiro atoms. The molecule has 122 valence electrons. The van der Waals surface area contributed by atoms with E-state index in [9.17, 15) is 9.59 Å². The number of benzene rings is 2. The highest BCUT2D eigenvalue weighted by Crippen LogP contribution is 2.17. The number of carbonyl (C=O) groups is 1. The Kier molecular flexibility index (Phi) is 4.16. The molecule has 1 N–H and O–H groups in total. The summed E-state index contributed by atoms with van der Waals surface area (Å²) < 4.78 is 1.68. The van der Waals surface area contributed by atoms with Crippen LogP contribution in [0, 0.1) is 13.8 Å². The Morgan fingerprint density at radius 1 is 1.17 bits per heavy atom. The Labute approximate surface area is 139 Å². The second kappa shape index (κ2) is 6.28. The Hall–Kier alpha value is -2.95. The van der Waals surface area contributed by atoms with Crippen LogP contribution < -0.4 is 10.7 Å². The maximum Gasteiger partial charge on any atom is 0.280 e. The summed E-state index contributed by atoms with van der Waals surface area (Å²) in [5.41, 5.74) is 2.96. The van der Waals surface area contributed by atoms with Gasteiger partial charge in [-0.25, -0.2) is 0 Å². The SMILES string of the molecule is CCn1nc(C(=O)Nc2cc(C)ccc2C)c(=O)c2ccccc21. The van der Waals surface area contributed by atoms with Crippen LogP contribution in [0.4, 0.5) is 5.69 Å². The van der Waals surface area contributed by atoms with Crippen LogP contribution in [0.5, 0.6) is 0 Å². The van der Waals surface area contributed by atoms with Gasteiger partial charge >= 0.3 is 0 Å². The van der Waals surface area contributed by atoms with E-state index in [-0.39, 0.29) is 11.1 Å². The third-order valence-electron chi connectivity index (χ3n) is 4.02. The van der Waals surface area contributed by atoms with E-state index in [4.69, 9.17) is 0 Å². The molecular weight excluding hydrogens is 302 g/mol. The van der Waals surface area contributed by atoms with Crippen LogP contribution in [0.15, 0.2) is 47.3 Å². The summed E-state index contributed by atoms with van der Waals surface area (Å²) in [6.45, 7) is 6.36. The first-order valence-electron chi connectivity index (χ1n) is 7.89. The van der Waals surface area contributed by atoms with Gasteiger partial charge in [0.1, 0.15) is 0 Å². The summed E-state index contributed by atoms with van der Waals surface area (Å²) >= 11 is 0. The van der Waals surface area contributed by atoms with Crippen molar-refractivity contribution >= 4 is 22.5 Å². The molecule has 0 unspecified atom stereocenters. The van der Waals surface area contributed by atoms with Gasteiger partial charge in [0, 0.05) is 17.6 Å². The van der Waals surface area contributed by atoms with Crippen molar-refractivity contribution in [3.63, 3.8) is 0 Å². The van der Waals surface area contributed by atoms with Crippen molar-refractivity contribution in [3.05, 3.63) is 69.5 Å². The first-order chi connectivity index (χ1) is 11.5. The summed E-state index contributed by atoms with van der Waals surface area (Å²) in [7, 11) is 0. The van der Waals surface area contributed by atoms with Crippen LogP contribution in [-0.4, -0.2) is 15.7 Å². The van der Waals surface area contributed by atoms with Gasteiger partial charge < -0.3 is 5.32 Å². The van der Waals surface area contributed by atoms with Gasteiger partial charge in [-0.05, 0) is 50.1 Å². The van der Waals surface area contributed by atoms with E-state index in [2.05, 4.69) is 10.4 Å². The standard InChI is InChI=1S/C19H19N3O2/c1-4-22-16-8-6-5-7-14(16)18(23)17(21-22)19(24)20-15-11-12(2)9-10-13(15)3/h5-11H,4H2,1-3H3,(H,20,24). The van der Waals surface area contributed by atoms with E-state index in [1.165, 1.54) is 0 Å². The fourth-order valence-corrected chi connectivity index (χ4v) is 2.68. The van der Waals surface area contributed by atoms with E-state index >= 15 is 0 Å². The fourth-order valence-electron chi connectivity index (χ4n) is 2.68. The van der Waals surface area contributed by atoms with Crippen LogP contribution in [0.3, 0.4) is 0 Å². The van der Waals surface area contributed by atoms with Crippen LogP contribution in [0.1, 0.15) is 28.5 Å². The van der Waals surface area contributed by atoms with E-state index in [1.807, 2.05) is 51.1 Å². The molecule has 5 heteroatoms. The molecule has 0 saturated carbocycles. The highest BCUT2D eigenvalue weighted by Gasteiger charge is 2.17. The Morgan fingerprint density at radius 3 is 2.67 bits per heavy atom. The van der Waals surface area contributed by atoms with Crippen LogP contribution >= 0.6 is 0 Å². The van der Waals surface area contributed by atoms with Gasteiger partial charge in [0.25, 0.3) is 5.91 Å². The largest absolute Gasteiger partial charge is 0.320 e. The summed E-state index contributed by atoms with van der Waals surface area (Å²) in [5, 5.41) is 7.57. The maximum absolute atomic E-state index is 12.6. The summed E-state index contributed by atoms with van der Waals surface area (Å²) in [5.74, 6) is -0.485. The number of para-hydroxylation sites is 1. The summed E-state index contributed by atoms with van der Waals surface area (Å²) in [6, 6.07) is 13.0. The quantitative estimate of drug-likeness (QED) is 0.805. The monoisotopic (exact) mass is 321 g/mol. The molecule has 0 aliphatic heterocycles. The van der Waals surface area contributed by atoms with Crippen LogP contribution in [0.25, 0.3) is 10.9 Å². The fraction of sp³-hybridized carbons (Fsp3) is 0.211. The molecule has 1 heterocycles. The van der Waals surface area contributed by atoms with Crippen molar-refractivity contribution in [2.45, 2.75) is 27.3 Å². The zero-order valence-corrected chi connectivity index (χ0v) is 14.0. The molecule has 1 aromatic heterocycles. The Morgan fingerprint density at radius 2 is 1.92 bits per heavy atom. The summed E-state index contributed by atoms with van der Waals surface area (Å²) in [4.78, 5) is 25.3. The van der Waals surface area contributed by atoms with Gasteiger partial charge in [0.2, 0.25) is 5.43 Å². The minimum absolute atomic E-state index is 0.0866. The predicted molar refractivity (Wildman–Crippen MR) is 95.5 cm³/mol. The number of nitrogens with zero attached hydrogens (tertiary/aromatic N) is 2. The second-order valence-electron chi connectivity index (χ2n) is 5.78. The third kappa shape index (κ3) is 2.80. The smallest absolute Gasteiger partial charge is 0.280 e. The van der Waals surface area contributed by atoms with E-state index in [1.54, 1.807) is 16.8 Å². The zero-order chi connectivity index (χ0) is 17.3. The number of fused-ring (bicyclic) bond motifs is 1. The van der Waals surface area contributed by atoms with Crippen molar-refractivity contribution in [3.8, 4) is 0 Å². The lowest BCUT2D eigenvalue weighted by Gasteiger charge is -2.12. The number of hydrogen-bond donors (Lipinski definition) is 1. The predicted octanol–water partition coefficient (Wildman–Crippen LogP) is 3.29. The van der Waals surface area contributed by atoms with Crippen LogP contribution in [0.2, 0.25) is 0 Å². The molecule has 0 radical (unpaired) electrons. The Bertz CT molecular complexity index is 990. The van der Waals surface area contributed by atoms with Gasteiger partial charge in [-0.2, -0.15) is 5.10 Å². The highest BCUT2D eigenvalue weighted by atomic mass is 16.2. The number of aryl methyl sites for hydroxylation is 3. The summed E-state index contributed by atoms with van der Waals surface area (Å²) in [6.07, 6.45) is 0. The number of anilines is 1. The first-order valence-corrected chi connectivity index (χ1v) is 7.89. The number of nitrogens with one attached hydrogen (secondary N) is 1. The van der Waals surface area contributed by atoms with E-state index in [0.29, 0.717) is 17.6 Å². The molecule has 2 aromatic carbocycles. The average molecular weight is 321 g/mol. The minimum Gasteiger partial charge on any atom is -0.320 e. The normalized spacial score (nSPS) is 10.8. The molecule has 0 aliphatic rings. The van der Waals surface area contributed by atoms with Crippen molar-refractivity contribution in [1.82, 2.24) is 9.78 Å². The lowest BCUT2D eigenvalue weighted by atomic mass is 10.1. The second-order valence-corrected chi connectivity index (χ2v) is 5.78. The lowest BCUT2D eigenvalue weighted by molar-refractivity contribution is 0.101. The lowest BCUT2D eigenvalue weighted by Crippen LogP contribution is -2.27. The number of carbonyl (C=O) groups excluding carboxylic acids is 1. The van der Waals surface area contributed by atoms with Gasteiger partial charge in [-0.15, -0.1) is 0 Å².